The molecular weight excluding hydrogens is 246 g/mol. The van der Waals surface area contributed by atoms with E-state index >= 15 is 0 Å². The highest BCUT2D eigenvalue weighted by Crippen LogP contribution is 2.24. The minimum absolute atomic E-state index is 0.00745. The molecule has 2 atom stereocenters. The maximum Gasteiger partial charge on any atom is 0.269 e. The summed E-state index contributed by atoms with van der Waals surface area (Å²) in [4.78, 5) is 21.9. The van der Waals surface area contributed by atoms with E-state index in [4.69, 9.17) is 5.73 Å². The van der Waals surface area contributed by atoms with Crippen molar-refractivity contribution >= 4 is 11.6 Å². The van der Waals surface area contributed by atoms with Crippen molar-refractivity contribution in [3.05, 3.63) is 39.9 Å². The molecule has 1 aliphatic rings. The van der Waals surface area contributed by atoms with Crippen LogP contribution in [-0.4, -0.2) is 16.9 Å². The van der Waals surface area contributed by atoms with Crippen molar-refractivity contribution in [2.24, 2.45) is 11.7 Å². The second-order valence-corrected chi connectivity index (χ2v) is 4.91. The fourth-order valence-electron chi connectivity index (χ4n) is 2.32. The molecule has 2 rings (SSSR count). The average Bonchev–Trinajstić information content (AvgIpc) is 2.83. The Morgan fingerprint density at radius 1 is 1.37 bits per heavy atom. The third-order valence-electron chi connectivity index (χ3n) is 3.46. The van der Waals surface area contributed by atoms with E-state index in [2.05, 4.69) is 5.32 Å². The molecule has 0 radical (unpaired) electrons. The van der Waals surface area contributed by atoms with Gasteiger partial charge >= 0.3 is 0 Å². The molecule has 1 aromatic carbocycles. The predicted octanol–water partition coefficient (Wildman–Crippen LogP) is 1.34. The highest BCUT2D eigenvalue weighted by atomic mass is 16.6. The van der Waals surface area contributed by atoms with Crippen LogP contribution in [0.15, 0.2) is 24.3 Å². The first-order valence-corrected chi connectivity index (χ1v) is 6.33. The van der Waals surface area contributed by atoms with Crippen LogP contribution in [0.2, 0.25) is 0 Å². The minimum atomic E-state index is -0.442. The molecule has 19 heavy (non-hydrogen) atoms. The SMILES string of the molecule is NC1CCC(C(=O)NCc2ccc([N+](=O)[O-])cc2)C1. The van der Waals surface area contributed by atoms with Crippen molar-refractivity contribution in [2.75, 3.05) is 0 Å². The second kappa shape index (κ2) is 5.79. The number of benzene rings is 1. The topological polar surface area (TPSA) is 98.3 Å². The summed E-state index contributed by atoms with van der Waals surface area (Å²) in [6.07, 6.45) is 2.48. The lowest BCUT2D eigenvalue weighted by Gasteiger charge is -2.10. The van der Waals surface area contributed by atoms with Crippen LogP contribution in [0.25, 0.3) is 0 Å². The van der Waals surface area contributed by atoms with Gasteiger partial charge in [0.15, 0.2) is 0 Å². The number of hydrogen-bond acceptors (Lipinski definition) is 4. The molecule has 2 unspecified atom stereocenters. The van der Waals surface area contributed by atoms with Gasteiger partial charge in [0, 0.05) is 30.6 Å². The van der Waals surface area contributed by atoms with Gasteiger partial charge in [0.1, 0.15) is 0 Å². The van der Waals surface area contributed by atoms with Gasteiger partial charge in [-0.25, -0.2) is 0 Å². The van der Waals surface area contributed by atoms with Crippen molar-refractivity contribution in [1.29, 1.82) is 0 Å². The molecule has 0 aliphatic heterocycles. The Morgan fingerprint density at radius 2 is 2.05 bits per heavy atom. The van der Waals surface area contributed by atoms with E-state index in [1.54, 1.807) is 12.1 Å². The van der Waals surface area contributed by atoms with E-state index in [1.807, 2.05) is 0 Å². The number of nitro benzene ring substituents is 1. The monoisotopic (exact) mass is 263 g/mol. The number of nitrogens with one attached hydrogen (secondary N) is 1. The molecule has 0 aromatic heterocycles. The first-order valence-electron chi connectivity index (χ1n) is 6.33. The van der Waals surface area contributed by atoms with Crippen LogP contribution in [0, 0.1) is 16.0 Å². The second-order valence-electron chi connectivity index (χ2n) is 4.91. The van der Waals surface area contributed by atoms with Crippen molar-refractivity contribution in [3.63, 3.8) is 0 Å². The molecule has 1 aromatic rings. The Bertz CT molecular complexity index is 473. The van der Waals surface area contributed by atoms with Crippen molar-refractivity contribution < 1.29 is 9.72 Å². The van der Waals surface area contributed by atoms with Gasteiger partial charge in [-0.05, 0) is 24.8 Å². The number of nitrogens with zero attached hydrogens (tertiary/aromatic N) is 1. The van der Waals surface area contributed by atoms with E-state index in [0.717, 1.165) is 24.8 Å². The van der Waals surface area contributed by atoms with Crippen LogP contribution in [0.3, 0.4) is 0 Å². The first kappa shape index (κ1) is 13.5. The van der Waals surface area contributed by atoms with Gasteiger partial charge in [-0.15, -0.1) is 0 Å². The standard InChI is InChI=1S/C13H17N3O3/c14-11-4-3-10(7-11)13(17)15-8-9-1-5-12(6-2-9)16(18)19/h1-2,5-6,10-11H,3-4,7-8,14H2,(H,15,17). The Labute approximate surface area is 111 Å². The minimum Gasteiger partial charge on any atom is -0.352 e. The summed E-state index contributed by atoms with van der Waals surface area (Å²) in [6, 6.07) is 6.31. The Balaban J connectivity index is 1.85. The zero-order chi connectivity index (χ0) is 13.8. The lowest BCUT2D eigenvalue weighted by atomic mass is 10.1. The highest BCUT2D eigenvalue weighted by Gasteiger charge is 2.27. The summed E-state index contributed by atoms with van der Waals surface area (Å²) < 4.78 is 0. The molecule has 1 saturated carbocycles. The Hall–Kier alpha value is -1.95. The smallest absolute Gasteiger partial charge is 0.269 e. The number of non-ortho nitro benzene ring substituents is 1. The lowest BCUT2D eigenvalue weighted by molar-refractivity contribution is -0.384. The maximum atomic E-state index is 11.9. The Kier molecular flexibility index (Phi) is 4.11. The molecule has 0 bridgehead atoms. The summed E-state index contributed by atoms with van der Waals surface area (Å²) in [5.74, 6) is 0.0272. The van der Waals surface area contributed by atoms with Gasteiger partial charge in [-0.1, -0.05) is 12.1 Å². The molecule has 3 N–H and O–H groups in total. The summed E-state index contributed by atoms with van der Waals surface area (Å²) in [5.41, 5.74) is 6.67. The molecule has 1 amide bonds. The molecule has 0 spiro atoms. The quantitative estimate of drug-likeness (QED) is 0.632. The number of nitro groups is 1. The van der Waals surface area contributed by atoms with Gasteiger partial charge < -0.3 is 11.1 Å². The van der Waals surface area contributed by atoms with E-state index in [-0.39, 0.29) is 23.6 Å². The van der Waals surface area contributed by atoms with E-state index < -0.39 is 4.92 Å². The fraction of sp³-hybridized carbons (Fsp3) is 0.462. The average molecular weight is 263 g/mol. The zero-order valence-corrected chi connectivity index (χ0v) is 10.5. The van der Waals surface area contributed by atoms with Crippen LogP contribution in [0.5, 0.6) is 0 Å². The number of carbonyl (C=O) groups excluding carboxylic acids is 1. The summed E-state index contributed by atoms with van der Waals surface area (Å²) in [5, 5.41) is 13.4. The normalized spacial score (nSPS) is 22.2. The fourth-order valence-corrected chi connectivity index (χ4v) is 2.32. The van der Waals surface area contributed by atoms with Crippen molar-refractivity contribution in [2.45, 2.75) is 31.8 Å². The van der Waals surface area contributed by atoms with E-state index in [9.17, 15) is 14.9 Å². The van der Waals surface area contributed by atoms with E-state index in [1.165, 1.54) is 12.1 Å². The number of amides is 1. The van der Waals surface area contributed by atoms with Gasteiger partial charge in [-0.2, -0.15) is 0 Å². The zero-order valence-electron chi connectivity index (χ0n) is 10.5. The van der Waals surface area contributed by atoms with Crippen LogP contribution >= 0.6 is 0 Å². The predicted molar refractivity (Wildman–Crippen MR) is 70.3 cm³/mol. The highest BCUT2D eigenvalue weighted by molar-refractivity contribution is 5.79. The van der Waals surface area contributed by atoms with Gasteiger partial charge in [0.05, 0.1) is 4.92 Å². The molecule has 102 valence electrons. The summed E-state index contributed by atoms with van der Waals surface area (Å²) in [6.45, 7) is 0.391. The number of nitrogens with two attached hydrogens (primary N) is 1. The molecule has 0 heterocycles. The van der Waals surface area contributed by atoms with Crippen molar-refractivity contribution in [3.8, 4) is 0 Å². The number of rotatable bonds is 4. The lowest BCUT2D eigenvalue weighted by Crippen LogP contribution is -2.29. The molecule has 1 fully saturated rings. The number of hydrogen-bond donors (Lipinski definition) is 2. The van der Waals surface area contributed by atoms with Crippen LogP contribution in [0.1, 0.15) is 24.8 Å². The molecule has 0 saturated heterocycles. The summed E-state index contributed by atoms with van der Waals surface area (Å²) >= 11 is 0. The van der Waals surface area contributed by atoms with Gasteiger partial charge in [0.2, 0.25) is 5.91 Å². The third kappa shape index (κ3) is 3.51. The third-order valence-corrected chi connectivity index (χ3v) is 3.46. The molecule has 6 heteroatoms. The largest absolute Gasteiger partial charge is 0.352 e. The van der Waals surface area contributed by atoms with E-state index in [0.29, 0.717) is 6.54 Å². The van der Waals surface area contributed by atoms with Gasteiger partial charge in [-0.3, -0.25) is 14.9 Å². The maximum absolute atomic E-state index is 11.9. The first-order chi connectivity index (χ1) is 9.06. The van der Waals surface area contributed by atoms with Crippen LogP contribution in [0.4, 0.5) is 5.69 Å². The Morgan fingerprint density at radius 3 is 2.58 bits per heavy atom. The van der Waals surface area contributed by atoms with Crippen LogP contribution in [-0.2, 0) is 11.3 Å². The number of carbonyl (C=O) groups is 1. The van der Waals surface area contributed by atoms with Crippen molar-refractivity contribution in [1.82, 2.24) is 5.32 Å². The summed E-state index contributed by atoms with van der Waals surface area (Å²) in [7, 11) is 0. The molecule has 6 nitrogen and oxygen atoms in total. The molecular formula is C13H17N3O3. The van der Waals surface area contributed by atoms with Gasteiger partial charge in [0.25, 0.3) is 5.69 Å². The van der Waals surface area contributed by atoms with Crippen LogP contribution < -0.4 is 11.1 Å². The molecule has 1 aliphatic carbocycles.